The van der Waals surface area contributed by atoms with Gasteiger partial charge in [-0.3, -0.25) is 4.79 Å². The first-order valence-corrected chi connectivity index (χ1v) is 6.71. The molecule has 19 heavy (non-hydrogen) atoms. The summed E-state index contributed by atoms with van der Waals surface area (Å²) >= 11 is 2.18. The molecule has 0 bridgehead atoms. The third-order valence-electron chi connectivity index (χ3n) is 2.39. The van der Waals surface area contributed by atoms with E-state index in [9.17, 15) is 9.18 Å². The highest BCUT2D eigenvalue weighted by Crippen LogP contribution is 2.12. The highest BCUT2D eigenvalue weighted by molar-refractivity contribution is 14.1. The summed E-state index contributed by atoms with van der Waals surface area (Å²) in [4.78, 5) is 11.7. The number of hydrogen-bond donors (Lipinski definition) is 1. The average Bonchev–Trinajstić information content (AvgIpc) is 2.38. The second-order valence-corrected chi connectivity index (χ2v) is 5.13. The van der Waals surface area contributed by atoms with Gasteiger partial charge in [-0.05, 0) is 64.6 Å². The Morgan fingerprint density at radius 3 is 2.58 bits per heavy atom. The number of halogens is 2. The summed E-state index contributed by atoms with van der Waals surface area (Å²) in [5, 5.41) is 2.76. The van der Waals surface area contributed by atoms with Gasteiger partial charge in [-0.2, -0.15) is 0 Å². The summed E-state index contributed by atoms with van der Waals surface area (Å²) in [6.45, 7) is 0. The Morgan fingerprint density at radius 1 is 1.16 bits per heavy atom. The molecule has 0 aliphatic rings. The second-order valence-electron chi connectivity index (χ2n) is 3.88. The van der Waals surface area contributed by atoms with Crippen LogP contribution in [0.2, 0.25) is 0 Å². The minimum absolute atomic E-state index is 0.216. The van der Waals surface area contributed by atoms with Gasteiger partial charge in [0.1, 0.15) is 5.82 Å². The summed E-state index contributed by atoms with van der Waals surface area (Å²) < 4.78 is 13.8. The summed E-state index contributed by atoms with van der Waals surface area (Å²) in [6.07, 6.45) is 3.07. The fourth-order valence-electron chi connectivity index (χ4n) is 1.50. The van der Waals surface area contributed by atoms with Gasteiger partial charge in [-0.15, -0.1) is 0 Å². The molecular weight excluding hydrogens is 356 g/mol. The van der Waals surface area contributed by atoms with Crippen LogP contribution in [0.25, 0.3) is 6.08 Å². The van der Waals surface area contributed by atoms with Crippen molar-refractivity contribution in [3.63, 3.8) is 0 Å². The third kappa shape index (κ3) is 4.48. The maximum absolute atomic E-state index is 12.7. The van der Waals surface area contributed by atoms with Crippen molar-refractivity contribution in [2.24, 2.45) is 0 Å². The van der Waals surface area contributed by atoms with Crippen LogP contribution in [0.4, 0.5) is 10.1 Å². The molecule has 0 atom stereocenters. The number of anilines is 1. The van der Waals surface area contributed by atoms with Crippen LogP contribution in [0.5, 0.6) is 0 Å². The lowest BCUT2D eigenvalue weighted by Gasteiger charge is -2.02. The Hall–Kier alpha value is -1.69. The van der Waals surface area contributed by atoms with E-state index >= 15 is 0 Å². The lowest BCUT2D eigenvalue weighted by atomic mass is 10.2. The van der Waals surface area contributed by atoms with Gasteiger partial charge < -0.3 is 5.32 Å². The van der Waals surface area contributed by atoms with Crippen molar-refractivity contribution in [1.29, 1.82) is 0 Å². The molecule has 2 nitrogen and oxygen atoms in total. The van der Waals surface area contributed by atoms with Gasteiger partial charge in [0.05, 0.1) is 0 Å². The molecule has 0 spiro atoms. The second kappa shape index (κ2) is 6.47. The quantitative estimate of drug-likeness (QED) is 0.643. The lowest BCUT2D eigenvalue weighted by Crippen LogP contribution is -2.07. The number of carbonyl (C=O) groups is 1. The number of rotatable bonds is 3. The predicted octanol–water partition coefficient (Wildman–Crippen LogP) is 4.08. The first-order chi connectivity index (χ1) is 9.13. The fourth-order valence-corrected chi connectivity index (χ4v) is 2.04. The minimum atomic E-state index is -0.291. The first-order valence-electron chi connectivity index (χ1n) is 5.64. The van der Waals surface area contributed by atoms with Crippen molar-refractivity contribution in [3.05, 3.63) is 69.6 Å². The molecule has 2 aromatic carbocycles. The van der Waals surface area contributed by atoms with E-state index in [1.165, 1.54) is 18.2 Å². The van der Waals surface area contributed by atoms with E-state index in [2.05, 4.69) is 27.9 Å². The van der Waals surface area contributed by atoms with E-state index in [4.69, 9.17) is 0 Å². The smallest absolute Gasteiger partial charge is 0.248 e. The van der Waals surface area contributed by atoms with Gasteiger partial charge in [0, 0.05) is 15.3 Å². The molecule has 0 aliphatic carbocycles. The summed E-state index contributed by atoms with van der Waals surface area (Å²) in [6, 6.07) is 13.5. The van der Waals surface area contributed by atoms with Gasteiger partial charge in [-0.1, -0.05) is 18.2 Å². The molecule has 0 fully saturated rings. The highest BCUT2D eigenvalue weighted by atomic mass is 127. The molecule has 2 aromatic rings. The number of nitrogens with one attached hydrogen (secondary N) is 1. The van der Waals surface area contributed by atoms with Crippen molar-refractivity contribution in [2.45, 2.75) is 0 Å². The Balaban J connectivity index is 1.99. The zero-order chi connectivity index (χ0) is 13.7. The normalized spacial score (nSPS) is 10.6. The minimum Gasteiger partial charge on any atom is -0.322 e. The molecule has 0 unspecified atom stereocenters. The van der Waals surface area contributed by atoms with E-state index in [1.54, 1.807) is 18.2 Å². The van der Waals surface area contributed by atoms with E-state index < -0.39 is 0 Å². The Bertz CT molecular complexity index is 608. The molecule has 1 N–H and O–H groups in total. The van der Waals surface area contributed by atoms with Gasteiger partial charge in [0.25, 0.3) is 0 Å². The van der Waals surface area contributed by atoms with Crippen LogP contribution >= 0.6 is 22.6 Å². The zero-order valence-electron chi connectivity index (χ0n) is 9.94. The van der Waals surface area contributed by atoms with Gasteiger partial charge in [0.2, 0.25) is 5.91 Å². The van der Waals surface area contributed by atoms with E-state index in [0.717, 1.165) is 14.8 Å². The van der Waals surface area contributed by atoms with Crippen LogP contribution in [0.1, 0.15) is 5.56 Å². The molecule has 0 radical (unpaired) electrons. The van der Waals surface area contributed by atoms with Gasteiger partial charge in [0.15, 0.2) is 0 Å². The molecule has 4 heteroatoms. The number of benzene rings is 2. The third-order valence-corrected chi connectivity index (χ3v) is 3.06. The SMILES string of the molecule is O=C(/C=C\c1ccc(F)cc1)Nc1cccc(I)c1. The Kier molecular flexibility index (Phi) is 4.68. The van der Waals surface area contributed by atoms with Crippen molar-refractivity contribution in [1.82, 2.24) is 0 Å². The zero-order valence-corrected chi connectivity index (χ0v) is 12.1. The fraction of sp³-hybridized carbons (Fsp3) is 0. The van der Waals surface area contributed by atoms with Gasteiger partial charge >= 0.3 is 0 Å². The summed E-state index contributed by atoms with van der Waals surface area (Å²) in [7, 11) is 0. The molecule has 0 aromatic heterocycles. The first kappa shape index (κ1) is 13.7. The van der Waals surface area contributed by atoms with Crippen LogP contribution in [0, 0.1) is 9.39 Å². The van der Waals surface area contributed by atoms with Crippen LogP contribution in [-0.2, 0) is 4.79 Å². The summed E-state index contributed by atoms with van der Waals surface area (Å²) in [5.74, 6) is -0.508. The molecule has 0 aliphatic heterocycles. The van der Waals surface area contributed by atoms with E-state index in [-0.39, 0.29) is 11.7 Å². The van der Waals surface area contributed by atoms with Crippen molar-refractivity contribution in [3.8, 4) is 0 Å². The Labute approximate surface area is 124 Å². The van der Waals surface area contributed by atoms with Crippen molar-refractivity contribution >= 4 is 40.3 Å². The standard InChI is InChI=1S/C15H11FINO/c16-12-7-4-11(5-8-12)6-9-15(19)18-14-3-1-2-13(17)10-14/h1-10H,(H,18,19)/b9-6-. The largest absolute Gasteiger partial charge is 0.322 e. The number of amides is 1. The monoisotopic (exact) mass is 367 g/mol. The van der Waals surface area contributed by atoms with Gasteiger partial charge in [-0.25, -0.2) is 4.39 Å². The maximum atomic E-state index is 12.7. The maximum Gasteiger partial charge on any atom is 0.248 e. The molecule has 1 amide bonds. The molecular formula is C15H11FINO. The topological polar surface area (TPSA) is 29.1 Å². The molecule has 0 saturated carbocycles. The van der Waals surface area contributed by atoms with Crippen molar-refractivity contribution < 1.29 is 9.18 Å². The molecule has 0 heterocycles. The van der Waals surface area contributed by atoms with Crippen LogP contribution < -0.4 is 5.32 Å². The van der Waals surface area contributed by atoms with Crippen LogP contribution in [0.3, 0.4) is 0 Å². The van der Waals surface area contributed by atoms with Crippen molar-refractivity contribution in [2.75, 3.05) is 5.32 Å². The van der Waals surface area contributed by atoms with Crippen LogP contribution in [-0.4, -0.2) is 5.91 Å². The Morgan fingerprint density at radius 2 is 1.89 bits per heavy atom. The molecule has 96 valence electrons. The van der Waals surface area contributed by atoms with E-state index in [1.807, 2.05) is 24.3 Å². The molecule has 2 rings (SSSR count). The predicted molar refractivity (Wildman–Crippen MR) is 83.2 cm³/mol. The lowest BCUT2D eigenvalue weighted by molar-refractivity contribution is -0.111. The van der Waals surface area contributed by atoms with E-state index in [0.29, 0.717) is 0 Å². The number of carbonyl (C=O) groups excluding carboxylic acids is 1. The average molecular weight is 367 g/mol. The highest BCUT2D eigenvalue weighted by Gasteiger charge is 1.98. The van der Waals surface area contributed by atoms with Crippen LogP contribution in [0.15, 0.2) is 54.6 Å². The summed E-state index contributed by atoms with van der Waals surface area (Å²) in [5.41, 5.74) is 1.53. The number of hydrogen-bond acceptors (Lipinski definition) is 1. The molecule has 0 saturated heterocycles.